The average molecular weight is 282 g/mol. The Morgan fingerprint density at radius 2 is 2.00 bits per heavy atom. The Morgan fingerprint density at radius 1 is 1.26 bits per heavy atom. The van der Waals surface area contributed by atoms with Gasteiger partial charge in [-0.25, -0.2) is 9.37 Å². The number of hydrogen-bond acceptors (Lipinski definition) is 4. The minimum Gasteiger partial charge on any atom is -0.486 e. The molecule has 0 bridgehead atoms. The van der Waals surface area contributed by atoms with E-state index in [1.165, 1.54) is 18.5 Å². The van der Waals surface area contributed by atoms with Crippen molar-refractivity contribution in [3.05, 3.63) is 35.4 Å². The fourth-order valence-electron chi connectivity index (χ4n) is 1.55. The molecule has 2 aromatic rings. The molecule has 0 unspecified atom stereocenters. The fraction of sp³-hybridized carbons (Fsp3) is 0.231. The van der Waals surface area contributed by atoms with E-state index in [9.17, 15) is 4.39 Å². The predicted octanol–water partition coefficient (Wildman–Crippen LogP) is 3.31. The number of nitrogen functional groups attached to an aromatic ring is 1. The van der Waals surface area contributed by atoms with Gasteiger partial charge in [0.25, 0.3) is 0 Å². The molecule has 0 atom stereocenters. The number of ether oxygens (including phenoxy) is 1. The Bertz CT molecular complexity index is 587. The second-order valence-corrected chi connectivity index (χ2v) is 4.64. The zero-order chi connectivity index (χ0) is 14.0. The smallest absolute Gasteiger partial charge is 0.176 e. The lowest BCUT2D eigenvalue weighted by Crippen LogP contribution is -2.08. The van der Waals surface area contributed by atoms with Gasteiger partial charge in [0.1, 0.15) is 5.82 Å². The van der Waals surface area contributed by atoms with E-state index in [1.54, 1.807) is 19.9 Å². The SMILES string of the molecule is CC(C)Oc1c(Cl)ccc(-c2cnc(N)cn2)c1F. The maximum atomic E-state index is 14.4. The van der Waals surface area contributed by atoms with Gasteiger partial charge in [-0.1, -0.05) is 11.6 Å². The summed E-state index contributed by atoms with van der Waals surface area (Å²) in [5.41, 5.74) is 6.09. The monoisotopic (exact) mass is 281 g/mol. The van der Waals surface area contributed by atoms with E-state index >= 15 is 0 Å². The Balaban J connectivity index is 2.50. The summed E-state index contributed by atoms with van der Waals surface area (Å²) >= 11 is 5.94. The lowest BCUT2D eigenvalue weighted by atomic mass is 10.1. The van der Waals surface area contributed by atoms with Crippen LogP contribution in [0.3, 0.4) is 0 Å². The molecule has 0 amide bonds. The first-order valence-corrected chi connectivity index (χ1v) is 6.09. The second-order valence-electron chi connectivity index (χ2n) is 4.23. The minimum atomic E-state index is -0.555. The van der Waals surface area contributed by atoms with E-state index in [2.05, 4.69) is 9.97 Å². The number of nitrogens with two attached hydrogens (primary N) is 1. The van der Waals surface area contributed by atoms with E-state index in [1.807, 2.05) is 0 Å². The fourth-order valence-corrected chi connectivity index (χ4v) is 1.74. The molecule has 2 N–H and O–H groups in total. The van der Waals surface area contributed by atoms with Crippen molar-refractivity contribution < 1.29 is 9.13 Å². The van der Waals surface area contributed by atoms with E-state index in [0.717, 1.165) is 0 Å². The molecule has 0 radical (unpaired) electrons. The van der Waals surface area contributed by atoms with Crippen LogP contribution in [0.1, 0.15) is 13.8 Å². The van der Waals surface area contributed by atoms with Crippen molar-refractivity contribution >= 4 is 17.4 Å². The van der Waals surface area contributed by atoms with Gasteiger partial charge < -0.3 is 10.5 Å². The highest BCUT2D eigenvalue weighted by atomic mass is 35.5. The molecule has 0 saturated heterocycles. The normalized spacial score (nSPS) is 10.8. The van der Waals surface area contributed by atoms with Crippen LogP contribution in [0.2, 0.25) is 5.02 Å². The Morgan fingerprint density at radius 3 is 2.58 bits per heavy atom. The maximum Gasteiger partial charge on any atom is 0.176 e. The highest BCUT2D eigenvalue weighted by Crippen LogP contribution is 2.34. The van der Waals surface area contributed by atoms with Crippen molar-refractivity contribution in [2.45, 2.75) is 20.0 Å². The summed E-state index contributed by atoms with van der Waals surface area (Å²) in [4.78, 5) is 7.92. The number of rotatable bonds is 3. The molecule has 0 spiro atoms. The Hall–Kier alpha value is -1.88. The largest absolute Gasteiger partial charge is 0.486 e. The molecule has 1 aromatic carbocycles. The van der Waals surface area contributed by atoms with Gasteiger partial charge in [0, 0.05) is 5.56 Å². The Kier molecular flexibility index (Phi) is 3.85. The van der Waals surface area contributed by atoms with Crippen LogP contribution < -0.4 is 10.5 Å². The topological polar surface area (TPSA) is 61.0 Å². The predicted molar refractivity (Wildman–Crippen MR) is 72.6 cm³/mol. The molecular formula is C13H13ClFN3O. The molecule has 0 saturated carbocycles. The van der Waals surface area contributed by atoms with Crippen LogP contribution in [0.15, 0.2) is 24.5 Å². The Labute approximate surface area is 115 Å². The standard InChI is InChI=1S/C13H13ClFN3O/c1-7(2)19-13-9(14)4-3-8(12(13)15)10-5-18-11(16)6-17-10/h3-7H,1-2H3,(H2,16,18). The third-order valence-corrected chi connectivity index (χ3v) is 2.65. The van der Waals surface area contributed by atoms with Crippen molar-refractivity contribution in [2.75, 3.05) is 5.73 Å². The van der Waals surface area contributed by atoms with Crippen molar-refractivity contribution in [3.63, 3.8) is 0 Å². The van der Waals surface area contributed by atoms with E-state index in [4.69, 9.17) is 22.1 Å². The molecular weight excluding hydrogens is 269 g/mol. The van der Waals surface area contributed by atoms with Gasteiger partial charge in [-0.05, 0) is 26.0 Å². The van der Waals surface area contributed by atoms with E-state index in [0.29, 0.717) is 5.69 Å². The molecule has 2 rings (SSSR count). The minimum absolute atomic E-state index is 0.0211. The molecule has 0 fully saturated rings. The molecule has 6 heteroatoms. The summed E-state index contributed by atoms with van der Waals surface area (Å²) in [7, 11) is 0. The van der Waals surface area contributed by atoms with Gasteiger partial charge in [-0.2, -0.15) is 0 Å². The number of benzene rings is 1. The maximum absolute atomic E-state index is 14.4. The van der Waals surface area contributed by atoms with Crippen molar-refractivity contribution in [2.24, 2.45) is 0 Å². The summed E-state index contributed by atoms with van der Waals surface area (Å²) in [6.07, 6.45) is 2.59. The third-order valence-electron chi connectivity index (χ3n) is 2.35. The summed E-state index contributed by atoms with van der Waals surface area (Å²) < 4.78 is 19.8. The van der Waals surface area contributed by atoms with Crippen LogP contribution in [0.25, 0.3) is 11.3 Å². The van der Waals surface area contributed by atoms with Crippen LogP contribution in [0, 0.1) is 5.82 Å². The highest BCUT2D eigenvalue weighted by molar-refractivity contribution is 6.32. The molecule has 1 heterocycles. The van der Waals surface area contributed by atoms with Crippen LogP contribution in [-0.2, 0) is 0 Å². The lowest BCUT2D eigenvalue weighted by Gasteiger charge is -2.14. The van der Waals surface area contributed by atoms with Gasteiger partial charge in [-0.3, -0.25) is 4.98 Å². The molecule has 4 nitrogen and oxygen atoms in total. The molecule has 0 aliphatic heterocycles. The molecule has 100 valence electrons. The van der Waals surface area contributed by atoms with E-state index in [-0.39, 0.29) is 28.3 Å². The first-order valence-electron chi connectivity index (χ1n) is 5.71. The van der Waals surface area contributed by atoms with Crippen LogP contribution >= 0.6 is 11.6 Å². The van der Waals surface area contributed by atoms with Crippen LogP contribution in [0.5, 0.6) is 5.75 Å². The highest BCUT2D eigenvalue weighted by Gasteiger charge is 2.17. The van der Waals surface area contributed by atoms with Crippen LogP contribution in [-0.4, -0.2) is 16.1 Å². The van der Waals surface area contributed by atoms with Gasteiger partial charge >= 0.3 is 0 Å². The third kappa shape index (κ3) is 2.93. The molecule has 1 aromatic heterocycles. The zero-order valence-corrected chi connectivity index (χ0v) is 11.3. The number of nitrogens with zero attached hydrogens (tertiary/aromatic N) is 2. The summed E-state index contributed by atoms with van der Waals surface area (Å²) in [5, 5.41) is 0.221. The summed E-state index contributed by atoms with van der Waals surface area (Å²) in [6, 6.07) is 3.10. The summed E-state index contributed by atoms with van der Waals surface area (Å²) in [6.45, 7) is 3.59. The summed E-state index contributed by atoms with van der Waals surface area (Å²) in [5.74, 6) is -0.259. The first-order chi connectivity index (χ1) is 8.99. The van der Waals surface area contributed by atoms with Gasteiger partial charge in [-0.15, -0.1) is 0 Å². The number of halogens is 2. The van der Waals surface area contributed by atoms with Crippen molar-refractivity contribution in [3.8, 4) is 17.0 Å². The number of hydrogen-bond donors (Lipinski definition) is 1. The van der Waals surface area contributed by atoms with Gasteiger partial charge in [0.05, 0.1) is 29.2 Å². The molecule has 19 heavy (non-hydrogen) atoms. The molecule has 0 aliphatic carbocycles. The number of anilines is 1. The van der Waals surface area contributed by atoms with E-state index < -0.39 is 5.82 Å². The lowest BCUT2D eigenvalue weighted by molar-refractivity contribution is 0.231. The van der Waals surface area contributed by atoms with Crippen LogP contribution in [0.4, 0.5) is 10.2 Å². The second kappa shape index (κ2) is 5.40. The van der Waals surface area contributed by atoms with Gasteiger partial charge in [0.2, 0.25) is 0 Å². The quantitative estimate of drug-likeness (QED) is 0.938. The first kappa shape index (κ1) is 13.5. The van der Waals surface area contributed by atoms with Gasteiger partial charge in [0.15, 0.2) is 11.6 Å². The average Bonchev–Trinajstić information content (AvgIpc) is 2.36. The number of aromatic nitrogens is 2. The van der Waals surface area contributed by atoms with Crippen molar-refractivity contribution in [1.29, 1.82) is 0 Å². The molecule has 0 aliphatic rings. The van der Waals surface area contributed by atoms with Crippen molar-refractivity contribution in [1.82, 2.24) is 9.97 Å². The zero-order valence-electron chi connectivity index (χ0n) is 10.5.